The van der Waals surface area contributed by atoms with Crippen molar-refractivity contribution in [3.8, 4) is 0 Å². The number of pyridine rings is 1. The van der Waals surface area contributed by atoms with Gasteiger partial charge in [0.2, 0.25) is 0 Å². The Morgan fingerprint density at radius 1 is 1.21 bits per heavy atom. The molecule has 1 aromatic carbocycles. The maximum atomic E-state index is 12.7. The summed E-state index contributed by atoms with van der Waals surface area (Å²) in [5, 5.41) is 2.93. The third-order valence-electron chi connectivity index (χ3n) is 7.01. The van der Waals surface area contributed by atoms with Crippen molar-refractivity contribution in [3.63, 3.8) is 0 Å². The molecule has 8 heteroatoms. The molecule has 2 bridgehead atoms. The highest BCUT2D eigenvalue weighted by atomic mass is 19.4. The van der Waals surface area contributed by atoms with E-state index >= 15 is 0 Å². The van der Waals surface area contributed by atoms with Crippen LogP contribution in [-0.4, -0.2) is 66.5 Å². The number of aromatic nitrogens is 1. The Hall–Kier alpha value is -2.45. The predicted molar refractivity (Wildman–Crippen MR) is 121 cm³/mol. The molecule has 1 amide bonds. The van der Waals surface area contributed by atoms with Crippen LogP contribution in [0.2, 0.25) is 0 Å². The third-order valence-corrected chi connectivity index (χ3v) is 7.01. The molecule has 33 heavy (non-hydrogen) atoms. The smallest absolute Gasteiger partial charge is 0.350 e. The number of nitrogens with zero attached hydrogens (tertiary/aromatic N) is 3. The summed E-state index contributed by atoms with van der Waals surface area (Å²) in [7, 11) is 2.17. The number of halogens is 3. The fourth-order valence-corrected chi connectivity index (χ4v) is 5.13. The van der Waals surface area contributed by atoms with Crippen LogP contribution in [0.25, 0.3) is 0 Å². The van der Waals surface area contributed by atoms with E-state index in [4.69, 9.17) is 0 Å². The third kappa shape index (κ3) is 6.12. The fraction of sp³-hybridized carbons (Fsp3) is 0.520. The van der Waals surface area contributed by atoms with Crippen molar-refractivity contribution in [3.05, 3.63) is 65.5 Å². The first-order valence-electron chi connectivity index (χ1n) is 11.6. The largest absolute Gasteiger partial charge is 0.416 e. The van der Waals surface area contributed by atoms with Crippen molar-refractivity contribution in [1.29, 1.82) is 0 Å². The number of carbonyl (C=O) groups is 1. The lowest BCUT2D eigenvalue weighted by Gasteiger charge is -2.50. The van der Waals surface area contributed by atoms with Crippen LogP contribution in [0, 0.1) is 11.8 Å². The maximum absolute atomic E-state index is 12.7. The van der Waals surface area contributed by atoms with Crippen molar-refractivity contribution in [2.75, 3.05) is 39.8 Å². The van der Waals surface area contributed by atoms with Gasteiger partial charge in [-0.25, -0.2) is 0 Å². The van der Waals surface area contributed by atoms with Crippen molar-refractivity contribution in [1.82, 2.24) is 20.1 Å². The van der Waals surface area contributed by atoms with Crippen LogP contribution < -0.4 is 5.32 Å². The summed E-state index contributed by atoms with van der Waals surface area (Å²) in [4.78, 5) is 21.7. The summed E-state index contributed by atoms with van der Waals surface area (Å²) >= 11 is 0. The molecule has 3 saturated heterocycles. The molecule has 0 radical (unpaired) electrons. The van der Waals surface area contributed by atoms with E-state index in [0.717, 1.165) is 56.8 Å². The molecule has 3 fully saturated rings. The molecule has 0 saturated carbocycles. The molecule has 178 valence electrons. The Bertz CT molecular complexity index is 919. The van der Waals surface area contributed by atoms with E-state index in [1.165, 1.54) is 18.6 Å². The number of benzene rings is 1. The average molecular weight is 461 g/mol. The SMILES string of the molecule is CN(CCc1ccccn1)CC1CN2CCC1CC2CNC(=O)c1ccc(C(F)(F)F)cc1. The number of alkyl halides is 3. The van der Waals surface area contributed by atoms with E-state index in [2.05, 4.69) is 33.2 Å². The summed E-state index contributed by atoms with van der Waals surface area (Å²) in [6.45, 7) is 4.63. The van der Waals surface area contributed by atoms with Crippen LogP contribution in [0.4, 0.5) is 13.2 Å². The van der Waals surface area contributed by atoms with Gasteiger partial charge < -0.3 is 10.2 Å². The molecule has 3 aliphatic rings. The van der Waals surface area contributed by atoms with Gasteiger partial charge in [0.25, 0.3) is 5.91 Å². The minimum atomic E-state index is -4.40. The van der Waals surface area contributed by atoms with Gasteiger partial charge in [0.15, 0.2) is 0 Å². The molecule has 3 aliphatic heterocycles. The van der Waals surface area contributed by atoms with Gasteiger partial charge in [-0.2, -0.15) is 13.2 Å². The van der Waals surface area contributed by atoms with Crippen LogP contribution in [0.3, 0.4) is 0 Å². The molecule has 0 aliphatic carbocycles. The molecule has 0 spiro atoms. The zero-order valence-electron chi connectivity index (χ0n) is 18.9. The zero-order chi connectivity index (χ0) is 23.4. The van der Waals surface area contributed by atoms with Crippen LogP contribution >= 0.6 is 0 Å². The molecular weight excluding hydrogens is 429 g/mol. The second-order valence-corrected chi connectivity index (χ2v) is 9.31. The summed E-state index contributed by atoms with van der Waals surface area (Å²) in [5.41, 5.74) is 0.624. The highest BCUT2D eigenvalue weighted by Crippen LogP contribution is 2.36. The number of hydrogen-bond acceptors (Lipinski definition) is 4. The number of carbonyl (C=O) groups excluding carboxylic acids is 1. The Labute approximate surface area is 193 Å². The monoisotopic (exact) mass is 460 g/mol. The lowest BCUT2D eigenvalue weighted by molar-refractivity contribution is -0.137. The Morgan fingerprint density at radius 3 is 2.64 bits per heavy atom. The quantitative estimate of drug-likeness (QED) is 0.653. The molecule has 4 heterocycles. The molecule has 5 rings (SSSR count). The predicted octanol–water partition coefficient (Wildman–Crippen LogP) is 3.72. The first-order chi connectivity index (χ1) is 15.8. The van der Waals surface area contributed by atoms with E-state index in [1.54, 1.807) is 0 Å². The highest BCUT2D eigenvalue weighted by molar-refractivity contribution is 5.94. The zero-order valence-corrected chi connectivity index (χ0v) is 18.9. The maximum Gasteiger partial charge on any atom is 0.416 e. The summed E-state index contributed by atoms with van der Waals surface area (Å²) in [6, 6.07) is 10.7. The molecule has 2 aromatic rings. The number of amides is 1. The van der Waals surface area contributed by atoms with Crippen LogP contribution in [0.5, 0.6) is 0 Å². The fourth-order valence-electron chi connectivity index (χ4n) is 5.13. The molecule has 5 nitrogen and oxygen atoms in total. The molecule has 4 unspecified atom stereocenters. The van der Waals surface area contributed by atoms with E-state index < -0.39 is 11.7 Å². The molecule has 1 N–H and O–H groups in total. The second kappa shape index (κ2) is 10.2. The standard InChI is InChI=1S/C25H31F3N4O/c1-31(12-10-22-4-2-3-11-29-22)16-20-17-32-13-9-19(20)14-23(32)15-30-24(33)18-5-7-21(8-6-18)25(26,27)28/h2-8,11,19-20,23H,9-10,12-17H2,1H3,(H,30,33). The van der Waals surface area contributed by atoms with Crippen LogP contribution in [0.1, 0.15) is 34.5 Å². The number of piperidine rings is 3. The molecular formula is C25H31F3N4O. The first kappa shape index (κ1) is 23.7. The molecule has 1 aromatic heterocycles. The van der Waals surface area contributed by atoms with Gasteiger partial charge >= 0.3 is 6.18 Å². The van der Waals surface area contributed by atoms with Gasteiger partial charge in [-0.15, -0.1) is 0 Å². The van der Waals surface area contributed by atoms with E-state index in [-0.39, 0.29) is 17.5 Å². The van der Waals surface area contributed by atoms with Crippen molar-refractivity contribution in [2.45, 2.75) is 31.5 Å². The van der Waals surface area contributed by atoms with Gasteiger partial charge in [0.05, 0.1) is 5.56 Å². The topological polar surface area (TPSA) is 48.5 Å². The molecule has 4 atom stereocenters. The van der Waals surface area contributed by atoms with E-state index in [0.29, 0.717) is 18.4 Å². The number of rotatable bonds is 8. The number of likely N-dealkylation sites (N-methyl/N-ethyl adjacent to an activating group) is 1. The van der Waals surface area contributed by atoms with Gasteiger partial charge in [0, 0.05) is 56.1 Å². The normalized spacial score (nSPS) is 24.8. The lowest BCUT2D eigenvalue weighted by Crippen LogP contribution is -2.58. The number of fused-ring (bicyclic) bond motifs is 3. The lowest BCUT2D eigenvalue weighted by atomic mass is 9.75. The van der Waals surface area contributed by atoms with Crippen molar-refractivity contribution in [2.24, 2.45) is 11.8 Å². The summed E-state index contributed by atoms with van der Waals surface area (Å²) < 4.78 is 38.2. The van der Waals surface area contributed by atoms with Gasteiger partial charge in [-0.05, 0) is 74.7 Å². The Morgan fingerprint density at radius 2 is 2.00 bits per heavy atom. The van der Waals surface area contributed by atoms with Crippen molar-refractivity contribution < 1.29 is 18.0 Å². The summed E-state index contributed by atoms with van der Waals surface area (Å²) in [5.74, 6) is 0.937. The van der Waals surface area contributed by atoms with Crippen molar-refractivity contribution >= 4 is 5.91 Å². The highest BCUT2D eigenvalue weighted by Gasteiger charge is 2.40. The van der Waals surface area contributed by atoms with Crippen LogP contribution in [0.15, 0.2) is 48.7 Å². The van der Waals surface area contributed by atoms with Gasteiger partial charge in [-0.1, -0.05) is 6.07 Å². The average Bonchev–Trinajstić information content (AvgIpc) is 2.82. The van der Waals surface area contributed by atoms with E-state index in [1.807, 2.05) is 18.3 Å². The summed E-state index contributed by atoms with van der Waals surface area (Å²) in [6.07, 6.45) is 0.608. The minimum absolute atomic E-state index is 0.256. The second-order valence-electron chi connectivity index (χ2n) is 9.31. The Kier molecular flexibility index (Phi) is 7.34. The first-order valence-corrected chi connectivity index (χ1v) is 11.6. The van der Waals surface area contributed by atoms with Gasteiger partial charge in [-0.3, -0.25) is 14.7 Å². The minimum Gasteiger partial charge on any atom is -0.350 e. The number of nitrogens with one attached hydrogen (secondary N) is 1. The Balaban J connectivity index is 1.23. The van der Waals surface area contributed by atoms with Crippen LogP contribution in [-0.2, 0) is 12.6 Å². The van der Waals surface area contributed by atoms with E-state index in [9.17, 15) is 18.0 Å². The van der Waals surface area contributed by atoms with Gasteiger partial charge in [0.1, 0.15) is 0 Å². The number of hydrogen-bond donors (Lipinski definition) is 1.